The summed E-state index contributed by atoms with van der Waals surface area (Å²) in [6.07, 6.45) is 5.41. The van der Waals surface area contributed by atoms with Gasteiger partial charge in [0.1, 0.15) is 0 Å². The fraction of sp³-hybridized carbons (Fsp3) is 0.333. The molecule has 0 aliphatic carbocycles. The maximum atomic E-state index is 12.6. The SMILES string of the molecule is Cc1ccc([C@H](NC(=O)CCC2=NNC(=O)CC2)c2cccnc2)cc1C. The average molecular weight is 364 g/mol. The zero-order chi connectivity index (χ0) is 19.2. The Balaban J connectivity index is 1.72. The molecular weight excluding hydrogens is 340 g/mol. The van der Waals surface area contributed by atoms with Gasteiger partial charge in [0.15, 0.2) is 0 Å². The van der Waals surface area contributed by atoms with Gasteiger partial charge in [0.25, 0.3) is 0 Å². The molecule has 2 amide bonds. The van der Waals surface area contributed by atoms with E-state index in [0.29, 0.717) is 25.7 Å². The highest BCUT2D eigenvalue weighted by Crippen LogP contribution is 2.24. The number of carbonyl (C=O) groups is 2. The lowest BCUT2D eigenvalue weighted by atomic mass is 9.96. The molecule has 0 saturated carbocycles. The maximum Gasteiger partial charge on any atom is 0.240 e. The van der Waals surface area contributed by atoms with E-state index in [1.165, 1.54) is 11.1 Å². The number of rotatable bonds is 6. The lowest BCUT2D eigenvalue weighted by Gasteiger charge is -2.21. The van der Waals surface area contributed by atoms with E-state index in [9.17, 15) is 9.59 Å². The van der Waals surface area contributed by atoms with Crippen molar-refractivity contribution in [3.8, 4) is 0 Å². The van der Waals surface area contributed by atoms with E-state index >= 15 is 0 Å². The minimum absolute atomic E-state index is 0.0540. The van der Waals surface area contributed by atoms with Gasteiger partial charge in [0.2, 0.25) is 11.8 Å². The third-order valence-corrected chi connectivity index (χ3v) is 4.81. The van der Waals surface area contributed by atoms with Gasteiger partial charge in [-0.1, -0.05) is 24.3 Å². The van der Waals surface area contributed by atoms with Gasteiger partial charge < -0.3 is 5.32 Å². The van der Waals surface area contributed by atoms with Crippen molar-refractivity contribution in [1.82, 2.24) is 15.7 Å². The van der Waals surface area contributed by atoms with Crippen LogP contribution in [0.3, 0.4) is 0 Å². The second kappa shape index (κ2) is 8.58. The Bertz CT molecular complexity index is 862. The summed E-state index contributed by atoms with van der Waals surface area (Å²) < 4.78 is 0. The second-order valence-corrected chi connectivity index (χ2v) is 6.84. The van der Waals surface area contributed by atoms with Crippen molar-refractivity contribution in [3.63, 3.8) is 0 Å². The molecule has 0 saturated heterocycles. The Kier molecular flexibility index (Phi) is 5.96. The monoisotopic (exact) mass is 364 g/mol. The minimum atomic E-state index is -0.251. The zero-order valence-corrected chi connectivity index (χ0v) is 15.7. The van der Waals surface area contributed by atoms with Crippen LogP contribution in [-0.4, -0.2) is 22.5 Å². The fourth-order valence-electron chi connectivity index (χ4n) is 3.03. The number of aryl methyl sites for hydroxylation is 2. The Morgan fingerprint density at radius 1 is 1.19 bits per heavy atom. The van der Waals surface area contributed by atoms with E-state index < -0.39 is 0 Å². The van der Waals surface area contributed by atoms with Crippen LogP contribution in [0.1, 0.15) is 54.0 Å². The third-order valence-electron chi connectivity index (χ3n) is 4.81. The first-order chi connectivity index (χ1) is 13.0. The van der Waals surface area contributed by atoms with E-state index in [0.717, 1.165) is 16.8 Å². The van der Waals surface area contributed by atoms with Gasteiger partial charge in [0.05, 0.1) is 6.04 Å². The summed E-state index contributed by atoms with van der Waals surface area (Å²) in [4.78, 5) is 27.9. The maximum absolute atomic E-state index is 12.6. The van der Waals surface area contributed by atoms with E-state index in [4.69, 9.17) is 0 Å². The topological polar surface area (TPSA) is 83.5 Å². The van der Waals surface area contributed by atoms with Crippen molar-refractivity contribution in [3.05, 3.63) is 65.0 Å². The Labute approximate surface area is 159 Å². The van der Waals surface area contributed by atoms with Gasteiger partial charge in [-0.2, -0.15) is 5.10 Å². The van der Waals surface area contributed by atoms with Gasteiger partial charge in [-0.3, -0.25) is 14.6 Å². The molecule has 0 spiro atoms. The number of aromatic nitrogens is 1. The highest BCUT2D eigenvalue weighted by Gasteiger charge is 2.19. The lowest BCUT2D eigenvalue weighted by molar-refractivity contribution is -0.121. The molecule has 2 N–H and O–H groups in total. The molecule has 1 aromatic carbocycles. The Hall–Kier alpha value is -3.02. The van der Waals surface area contributed by atoms with Crippen LogP contribution in [0.5, 0.6) is 0 Å². The van der Waals surface area contributed by atoms with Gasteiger partial charge in [-0.15, -0.1) is 0 Å². The molecule has 1 atom stereocenters. The number of amides is 2. The smallest absolute Gasteiger partial charge is 0.240 e. The average Bonchev–Trinajstić information content (AvgIpc) is 2.68. The fourth-order valence-corrected chi connectivity index (χ4v) is 3.03. The summed E-state index contributed by atoms with van der Waals surface area (Å²) in [6.45, 7) is 4.14. The predicted octanol–water partition coefficient (Wildman–Crippen LogP) is 2.95. The summed E-state index contributed by atoms with van der Waals surface area (Å²) in [5, 5.41) is 7.15. The van der Waals surface area contributed by atoms with Crippen molar-refractivity contribution in [2.24, 2.45) is 5.10 Å². The molecule has 0 bridgehead atoms. The third kappa shape index (κ3) is 5.00. The number of hydrazone groups is 1. The van der Waals surface area contributed by atoms with Crippen molar-refractivity contribution in [2.45, 2.75) is 45.6 Å². The first-order valence-electron chi connectivity index (χ1n) is 9.13. The molecule has 1 aliphatic rings. The molecule has 0 fully saturated rings. The Morgan fingerprint density at radius 3 is 2.70 bits per heavy atom. The number of nitrogens with zero attached hydrogens (tertiary/aromatic N) is 2. The molecule has 1 aromatic heterocycles. The van der Waals surface area contributed by atoms with Gasteiger partial charge in [0, 0.05) is 30.9 Å². The first kappa shape index (κ1) is 18.8. The first-order valence-corrected chi connectivity index (χ1v) is 9.13. The normalized spacial score (nSPS) is 14.9. The van der Waals surface area contributed by atoms with E-state index in [-0.39, 0.29) is 17.9 Å². The van der Waals surface area contributed by atoms with Gasteiger partial charge in [-0.05, 0) is 55.0 Å². The molecule has 3 rings (SSSR count). The largest absolute Gasteiger partial charge is 0.345 e. The lowest BCUT2D eigenvalue weighted by Crippen LogP contribution is -2.31. The van der Waals surface area contributed by atoms with Crippen LogP contribution >= 0.6 is 0 Å². The molecule has 140 valence electrons. The molecule has 0 radical (unpaired) electrons. The van der Waals surface area contributed by atoms with Crippen LogP contribution in [0.25, 0.3) is 0 Å². The standard InChI is InChI=1S/C21H24N4O2/c1-14-5-6-16(12-15(14)2)21(17-4-3-11-22-13-17)23-19(26)9-7-18-8-10-20(27)25-24-18/h3-6,11-13,21H,7-10H2,1-2H3,(H,23,26)(H,25,27)/t21-/m0/s1. The zero-order valence-electron chi connectivity index (χ0n) is 15.7. The molecule has 27 heavy (non-hydrogen) atoms. The van der Waals surface area contributed by atoms with Gasteiger partial charge >= 0.3 is 0 Å². The van der Waals surface area contributed by atoms with Crippen LogP contribution < -0.4 is 10.7 Å². The Morgan fingerprint density at radius 2 is 2.04 bits per heavy atom. The van der Waals surface area contributed by atoms with Crippen LogP contribution in [0, 0.1) is 13.8 Å². The number of carbonyl (C=O) groups excluding carboxylic acids is 2. The van der Waals surface area contributed by atoms with Crippen molar-refractivity contribution in [1.29, 1.82) is 0 Å². The highest BCUT2D eigenvalue weighted by atomic mass is 16.2. The minimum Gasteiger partial charge on any atom is -0.345 e. The summed E-state index contributed by atoms with van der Waals surface area (Å²) in [7, 11) is 0. The second-order valence-electron chi connectivity index (χ2n) is 6.84. The van der Waals surface area contributed by atoms with Crippen LogP contribution in [0.15, 0.2) is 47.8 Å². The molecule has 1 aliphatic heterocycles. The van der Waals surface area contributed by atoms with Crippen molar-refractivity contribution >= 4 is 17.5 Å². The van der Waals surface area contributed by atoms with Crippen LogP contribution in [0.2, 0.25) is 0 Å². The molecule has 6 heteroatoms. The molecule has 2 aromatic rings. The summed E-state index contributed by atoms with van der Waals surface area (Å²) >= 11 is 0. The van der Waals surface area contributed by atoms with Crippen molar-refractivity contribution < 1.29 is 9.59 Å². The highest BCUT2D eigenvalue weighted by molar-refractivity contribution is 5.94. The van der Waals surface area contributed by atoms with E-state index in [1.54, 1.807) is 12.4 Å². The summed E-state index contributed by atoms with van der Waals surface area (Å²) in [5.41, 5.74) is 7.69. The number of nitrogens with one attached hydrogen (secondary N) is 2. The molecular formula is C21H24N4O2. The van der Waals surface area contributed by atoms with E-state index in [2.05, 4.69) is 46.8 Å². The number of pyridine rings is 1. The number of hydrogen-bond acceptors (Lipinski definition) is 4. The molecule has 6 nitrogen and oxygen atoms in total. The van der Waals surface area contributed by atoms with E-state index in [1.807, 2.05) is 18.2 Å². The summed E-state index contributed by atoms with van der Waals surface area (Å²) in [5.74, 6) is -0.128. The van der Waals surface area contributed by atoms with Crippen LogP contribution in [0.4, 0.5) is 0 Å². The molecule has 0 unspecified atom stereocenters. The quantitative estimate of drug-likeness (QED) is 0.827. The van der Waals surface area contributed by atoms with Crippen molar-refractivity contribution in [2.75, 3.05) is 0 Å². The summed E-state index contributed by atoms with van der Waals surface area (Å²) in [6, 6.07) is 9.80. The number of hydrogen-bond donors (Lipinski definition) is 2. The molecule has 2 heterocycles. The number of benzene rings is 1. The van der Waals surface area contributed by atoms with Crippen LogP contribution in [-0.2, 0) is 9.59 Å². The predicted molar refractivity (Wildman–Crippen MR) is 104 cm³/mol. The van der Waals surface area contributed by atoms with Gasteiger partial charge in [-0.25, -0.2) is 5.43 Å².